The normalized spacial score (nSPS) is 13.9. The Balaban J connectivity index is 2.44. The third-order valence-electron chi connectivity index (χ3n) is 3.84. The van der Waals surface area contributed by atoms with Gasteiger partial charge in [0.25, 0.3) is 0 Å². The zero-order valence-electron chi connectivity index (χ0n) is 14.7. The zero-order chi connectivity index (χ0) is 18.6. The summed E-state index contributed by atoms with van der Waals surface area (Å²) in [5.41, 5.74) is 8.41. The summed E-state index contributed by atoms with van der Waals surface area (Å²) in [4.78, 5) is 12.5. The van der Waals surface area contributed by atoms with Crippen LogP contribution in [0.2, 0.25) is 0 Å². The van der Waals surface area contributed by atoms with E-state index < -0.39 is 15.9 Å². The van der Waals surface area contributed by atoms with Gasteiger partial charge in [0.15, 0.2) is 9.84 Å². The Hall–Kier alpha value is -2.18. The Morgan fingerprint density at radius 3 is 2.32 bits per heavy atom. The number of hydrogen-bond donors (Lipinski definition) is 2. The number of benzene rings is 2. The minimum atomic E-state index is -3.33. The molecule has 0 aliphatic carbocycles. The average Bonchev–Trinajstić information content (AvgIpc) is 2.52. The van der Waals surface area contributed by atoms with E-state index >= 15 is 0 Å². The molecule has 2 atom stereocenters. The minimum absolute atomic E-state index is 0.176. The molecule has 0 aliphatic rings. The van der Waals surface area contributed by atoms with Gasteiger partial charge in [-0.25, -0.2) is 8.42 Å². The molecule has 0 saturated carbocycles. The van der Waals surface area contributed by atoms with Crippen molar-refractivity contribution < 1.29 is 13.2 Å². The number of aryl methyl sites for hydroxylation is 1. The van der Waals surface area contributed by atoms with Crippen LogP contribution in [0.25, 0.3) is 0 Å². The van der Waals surface area contributed by atoms with E-state index in [9.17, 15) is 13.2 Å². The van der Waals surface area contributed by atoms with E-state index in [1.165, 1.54) is 6.26 Å². The van der Waals surface area contributed by atoms with Crippen molar-refractivity contribution in [3.05, 3.63) is 65.2 Å². The van der Waals surface area contributed by atoms with Gasteiger partial charge in [-0.3, -0.25) is 4.79 Å². The van der Waals surface area contributed by atoms with Crippen LogP contribution in [-0.4, -0.2) is 26.6 Å². The monoisotopic (exact) mass is 360 g/mol. The molecule has 2 rings (SSSR count). The Morgan fingerprint density at radius 2 is 1.76 bits per heavy atom. The van der Waals surface area contributed by atoms with Crippen LogP contribution in [0.5, 0.6) is 0 Å². The van der Waals surface area contributed by atoms with Gasteiger partial charge in [-0.15, -0.1) is 0 Å². The van der Waals surface area contributed by atoms with Gasteiger partial charge < -0.3 is 11.1 Å². The molecular formula is C19H24N2O3S. The minimum Gasteiger partial charge on any atom is -0.345 e. The Morgan fingerprint density at radius 1 is 1.12 bits per heavy atom. The maximum Gasteiger partial charge on any atom is 0.222 e. The predicted octanol–water partition coefficient (Wildman–Crippen LogP) is 2.34. The quantitative estimate of drug-likeness (QED) is 0.827. The van der Waals surface area contributed by atoms with Gasteiger partial charge in [0.05, 0.1) is 10.9 Å². The molecule has 25 heavy (non-hydrogen) atoms. The third-order valence-corrected chi connectivity index (χ3v) is 4.95. The molecule has 0 aromatic heterocycles. The molecule has 0 radical (unpaired) electrons. The first-order chi connectivity index (χ1) is 11.7. The lowest BCUT2D eigenvalue weighted by Gasteiger charge is -2.21. The first-order valence-corrected chi connectivity index (χ1v) is 9.97. The van der Waals surface area contributed by atoms with Gasteiger partial charge in [-0.05, 0) is 37.1 Å². The Kier molecular flexibility index (Phi) is 5.98. The number of rotatable bonds is 6. The highest BCUT2D eigenvalue weighted by atomic mass is 32.2. The van der Waals surface area contributed by atoms with Gasteiger partial charge >= 0.3 is 0 Å². The fourth-order valence-corrected chi connectivity index (χ4v) is 3.23. The molecule has 2 aromatic carbocycles. The topological polar surface area (TPSA) is 89.3 Å². The average molecular weight is 360 g/mol. The van der Waals surface area contributed by atoms with E-state index in [1.807, 2.05) is 37.3 Å². The number of nitrogens with one attached hydrogen (secondary N) is 1. The second kappa shape index (κ2) is 7.80. The zero-order valence-corrected chi connectivity index (χ0v) is 15.5. The second-order valence-corrected chi connectivity index (χ2v) is 8.45. The van der Waals surface area contributed by atoms with Crippen molar-refractivity contribution in [2.75, 3.05) is 6.26 Å². The van der Waals surface area contributed by atoms with E-state index in [0.29, 0.717) is 5.56 Å². The summed E-state index contributed by atoms with van der Waals surface area (Å²) in [5, 5.41) is 2.97. The summed E-state index contributed by atoms with van der Waals surface area (Å²) < 4.78 is 23.7. The van der Waals surface area contributed by atoms with Crippen LogP contribution in [-0.2, 0) is 14.6 Å². The molecule has 0 bridgehead atoms. The number of carbonyl (C=O) groups is 1. The van der Waals surface area contributed by atoms with E-state index in [2.05, 4.69) is 5.32 Å². The van der Waals surface area contributed by atoms with Crippen molar-refractivity contribution in [1.29, 1.82) is 0 Å². The fourth-order valence-electron chi connectivity index (χ4n) is 2.56. The molecule has 134 valence electrons. The highest BCUT2D eigenvalue weighted by Gasteiger charge is 2.19. The number of amides is 1. The van der Waals surface area contributed by atoms with Crippen molar-refractivity contribution in [2.45, 2.75) is 37.2 Å². The summed E-state index contributed by atoms with van der Waals surface area (Å²) in [6, 6.07) is 13.7. The predicted molar refractivity (Wildman–Crippen MR) is 99.0 cm³/mol. The summed E-state index contributed by atoms with van der Waals surface area (Å²) >= 11 is 0. The largest absolute Gasteiger partial charge is 0.345 e. The highest BCUT2D eigenvalue weighted by Crippen LogP contribution is 2.25. The van der Waals surface area contributed by atoms with Gasteiger partial charge in [0, 0.05) is 18.7 Å². The highest BCUT2D eigenvalue weighted by molar-refractivity contribution is 7.90. The first-order valence-electron chi connectivity index (χ1n) is 8.08. The van der Waals surface area contributed by atoms with E-state index in [1.54, 1.807) is 25.1 Å². The van der Waals surface area contributed by atoms with Crippen LogP contribution in [0, 0.1) is 6.92 Å². The van der Waals surface area contributed by atoms with Crippen LogP contribution in [0.3, 0.4) is 0 Å². The molecule has 5 nitrogen and oxygen atoms in total. The van der Waals surface area contributed by atoms with Crippen LogP contribution >= 0.6 is 0 Å². The van der Waals surface area contributed by atoms with Crippen LogP contribution in [0.4, 0.5) is 0 Å². The van der Waals surface area contributed by atoms with Gasteiger partial charge in [0.2, 0.25) is 5.91 Å². The van der Waals surface area contributed by atoms with Gasteiger partial charge in [-0.2, -0.15) is 0 Å². The molecule has 2 aromatic rings. The van der Waals surface area contributed by atoms with Gasteiger partial charge in [-0.1, -0.05) is 42.0 Å². The smallest absolute Gasteiger partial charge is 0.222 e. The maximum absolute atomic E-state index is 12.2. The second-order valence-electron chi connectivity index (χ2n) is 6.44. The van der Waals surface area contributed by atoms with E-state index in [4.69, 9.17) is 5.73 Å². The summed E-state index contributed by atoms with van der Waals surface area (Å²) in [6.45, 7) is 3.75. The van der Waals surface area contributed by atoms with Crippen molar-refractivity contribution in [3.63, 3.8) is 0 Å². The summed E-state index contributed by atoms with van der Waals surface area (Å²) in [6.07, 6.45) is 1.37. The SMILES string of the molecule is Cc1ccc(C(NC(=O)CC(C)N)c2cccc(S(C)(=O)=O)c2)cc1. The molecular weight excluding hydrogens is 336 g/mol. The van der Waals surface area contributed by atoms with Crippen LogP contribution in [0.1, 0.15) is 36.1 Å². The van der Waals surface area contributed by atoms with Crippen molar-refractivity contribution in [3.8, 4) is 0 Å². The molecule has 0 heterocycles. The number of nitrogens with two attached hydrogens (primary N) is 1. The third kappa shape index (κ3) is 5.41. The van der Waals surface area contributed by atoms with E-state index in [-0.39, 0.29) is 23.3 Å². The molecule has 0 saturated heterocycles. The van der Waals surface area contributed by atoms with Crippen LogP contribution in [0.15, 0.2) is 53.4 Å². The molecule has 2 unspecified atom stereocenters. The molecule has 6 heteroatoms. The maximum atomic E-state index is 12.2. The molecule has 0 fully saturated rings. The molecule has 1 amide bonds. The number of hydrogen-bond acceptors (Lipinski definition) is 4. The fraction of sp³-hybridized carbons (Fsp3) is 0.316. The van der Waals surface area contributed by atoms with Crippen molar-refractivity contribution >= 4 is 15.7 Å². The standard InChI is InChI=1S/C19H24N2O3S/c1-13-7-9-15(10-8-13)19(21-18(22)11-14(2)20)16-5-4-6-17(12-16)25(3,23)24/h4-10,12,14,19H,11,20H2,1-3H3,(H,21,22). The van der Waals surface area contributed by atoms with Gasteiger partial charge in [0.1, 0.15) is 0 Å². The molecule has 0 spiro atoms. The number of carbonyl (C=O) groups excluding carboxylic acids is 1. The lowest BCUT2D eigenvalue weighted by atomic mass is 9.97. The van der Waals surface area contributed by atoms with Crippen LogP contribution < -0.4 is 11.1 Å². The van der Waals surface area contributed by atoms with Crippen molar-refractivity contribution in [1.82, 2.24) is 5.32 Å². The first kappa shape index (κ1) is 19.1. The van der Waals surface area contributed by atoms with E-state index in [0.717, 1.165) is 11.1 Å². The lowest BCUT2D eigenvalue weighted by Crippen LogP contribution is -2.33. The molecule has 3 N–H and O–H groups in total. The van der Waals surface area contributed by atoms with Crippen molar-refractivity contribution in [2.24, 2.45) is 5.73 Å². The lowest BCUT2D eigenvalue weighted by molar-refractivity contribution is -0.121. The molecule has 0 aliphatic heterocycles. The number of sulfone groups is 1. The summed E-state index contributed by atoms with van der Waals surface area (Å²) in [5.74, 6) is -0.176. The Labute approximate surface area is 149 Å². The summed E-state index contributed by atoms with van der Waals surface area (Å²) in [7, 11) is -3.33. The Bertz CT molecular complexity index is 843.